The van der Waals surface area contributed by atoms with Gasteiger partial charge in [-0.15, -0.1) is 5.10 Å². The number of rotatable bonds is 3. The summed E-state index contributed by atoms with van der Waals surface area (Å²) >= 11 is 3.46. The Bertz CT molecular complexity index is 621. The van der Waals surface area contributed by atoms with Crippen LogP contribution in [0.25, 0.3) is 0 Å². The van der Waals surface area contributed by atoms with Crippen molar-refractivity contribution in [2.75, 3.05) is 0 Å². The molecule has 98 valence electrons. The molecule has 1 heterocycles. The highest BCUT2D eigenvalue weighted by Crippen LogP contribution is 2.29. The Morgan fingerprint density at radius 2 is 1.95 bits per heavy atom. The molecule has 0 saturated heterocycles. The Hall–Kier alpha value is -1.95. The normalized spacial score (nSPS) is 10.3. The van der Waals surface area contributed by atoms with Crippen molar-refractivity contribution < 1.29 is 14.6 Å². The summed E-state index contributed by atoms with van der Waals surface area (Å²) in [5.41, 5.74) is 1.97. The Morgan fingerprint density at radius 1 is 1.32 bits per heavy atom. The van der Waals surface area contributed by atoms with Gasteiger partial charge in [-0.2, -0.15) is 5.10 Å². The van der Waals surface area contributed by atoms with Crippen molar-refractivity contribution >= 4 is 21.9 Å². The molecule has 2 aromatic rings. The minimum atomic E-state index is -1.10. The summed E-state index contributed by atoms with van der Waals surface area (Å²) in [6.07, 6.45) is 1.31. The van der Waals surface area contributed by atoms with Gasteiger partial charge in [0.2, 0.25) is 0 Å². The number of carbonyl (C=O) groups is 1. The van der Waals surface area contributed by atoms with Crippen molar-refractivity contribution in [1.29, 1.82) is 0 Å². The van der Waals surface area contributed by atoms with Crippen LogP contribution < -0.4 is 4.74 Å². The molecule has 1 aromatic heterocycles. The number of aryl methyl sites for hydroxylation is 2. The first-order valence-corrected chi connectivity index (χ1v) is 6.28. The van der Waals surface area contributed by atoms with Gasteiger partial charge in [0.25, 0.3) is 5.88 Å². The van der Waals surface area contributed by atoms with E-state index in [9.17, 15) is 4.79 Å². The van der Waals surface area contributed by atoms with E-state index in [0.717, 1.165) is 15.6 Å². The van der Waals surface area contributed by atoms with E-state index in [-0.39, 0.29) is 11.4 Å². The van der Waals surface area contributed by atoms with Crippen molar-refractivity contribution in [2.45, 2.75) is 13.8 Å². The molecule has 0 amide bonds. The molecule has 1 aromatic carbocycles. The molecule has 1 N–H and O–H groups in total. The Balaban J connectivity index is 2.39. The topological polar surface area (TPSA) is 72.3 Å². The fourth-order valence-electron chi connectivity index (χ4n) is 1.63. The molecule has 0 fully saturated rings. The van der Waals surface area contributed by atoms with E-state index in [0.29, 0.717) is 5.75 Å². The summed E-state index contributed by atoms with van der Waals surface area (Å²) in [5, 5.41) is 16.4. The first-order chi connectivity index (χ1) is 8.99. The monoisotopic (exact) mass is 322 g/mol. The van der Waals surface area contributed by atoms with Gasteiger partial charge < -0.3 is 9.84 Å². The fourth-order valence-corrected chi connectivity index (χ4v) is 1.86. The predicted octanol–water partition coefficient (Wildman–Crippen LogP) is 3.35. The summed E-state index contributed by atoms with van der Waals surface area (Å²) in [6.45, 7) is 3.86. The van der Waals surface area contributed by atoms with Gasteiger partial charge in [-0.1, -0.05) is 15.9 Å². The van der Waals surface area contributed by atoms with Crippen LogP contribution in [-0.2, 0) is 0 Å². The lowest BCUT2D eigenvalue weighted by Crippen LogP contribution is -2.03. The van der Waals surface area contributed by atoms with Gasteiger partial charge in [0.1, 0.15) is 11.3 Å². The third-order valence-electron chi connectivity index (χ3n) is 2.54. The molecule has 0 bridgehead atoms. The number of carboxylic acids is 1. The predicted molar refractivity (Wildman–Crippen MR) is 72.7 cm³/mol. The van der Waals surface area contributed by atoms with Crippen LogP contribution in [0.5, 0.6) is 11.6 Å². The van der Waals surface area contributed by atoms with E-state index >= 15 is 0 Å². The molecule has 0 atom stereocenters. The zero-order valence-corrected chi connectivity index (χ0v) is 11.9. The molecule has 0 aliphatic carbocycles. The van der Waals surface area contributed by atoms with E-state index in [4.69, 9.17) is 9.84 Å². The van der Waals surface area contributed by atoms with Gasteiger partial charge in [-0.3, -0.25) is 0 Å². The molecule has 0 unspecified atom stereocenters. The molecule has 19 heavy (non-hydrogen) atoms. The number of halogens is 1. The molecule has 0 spiro atoms. The summed E-state index contributed by atoms with van der Waals surface area (Å²) in [6, 6.07) is 4.96. The molecular weight excluding hydrogens is 312 g/mol. The summed E-state index contributed by atoms with van der Waals surface area (Å²) in [5.74, 6) is -0.590. The number of aromatic carboxylic acids is 1. The summed E-state index contributed by atoms with van der Waals surface area (Å²) in [7, 11) is 0. The van der Waals surface area contributed by atoms with Crippen molar-refractivity contribution in [3.05, 3.63) is 45.6 Å². The highest BCUT2D eigenvalue weighted by Gasteiger charge is 2.14. The smallest absolute Gasteiger partial charge is 0.341 e. The molecule has 0 aliphatic rings. The van der Waals surface area contributed by atoms with Crippen molar-refractivity contribution in [3.63, 3.8) is 0 Å². The minimum absolute atomic E-state index is 0.0175. The average molecular weight is 323 g/mol. The first kappa shape index (κ1) is 13.5. The van der Waals surface area contributed by atoms with E-state index in [2.05, 4.69) is 26.1 Å². The molecule has 0 saturated carbocycles. The van der Waals surface area contributed by atoms with Gasteiger partial charge in [0.05, 0.1) is 6.20 Å². The lowest BCUT2D eigenvalue weighted by molar-refractivity contribution is 0.0693. The average Bonchev–Trinajstić information content (AvgIpc) is 2.36. The zero-order chi connectivity index (χ0) is 14.0. The molecule has 6 heteroatoms. The molecule has 5 nitrogen and oxygen atoms in total. The Morgan fingerprint density at radius 3 is 2.53 bits per heavy atom. The van der Waals surface area contributed by atoms with Crippen LogP contribution in [0.15, 0.2) is 28.9 Å². The maximum Gasteiger partial charge on any atom is 0.341 e. The van der Waals surface area contributed by atoms with Gasteiger partial charge in [-0.25, -0.2) is 4.79 Å². The molecular formula is C13H11BrN2O3. The second-order valence-electron chi connectivity index (χ2n) is 4.03. The SMILES string of the molecule is Cc1cc(Oc2nnccc2C(=O)O)cc(C)c1Br. The maximum atomic E-state index is 11.0. The molecule has 0 radical (unpaired) electrons. The van der Waals surface area contributed by atoms with Gasteiger partial charge >= 0.3 is 5.97 Å². The van der Waals surface area contributed by atoms with E-state index < -0.39 is 5.97 Å². The minimum Gasteiger partial charge on any atom is -0.477 e. The zero-order valence-electron chi connectivity index (χ0n) is 10.3. The van der Waals surface area contributed by atoms with E-state index in [1.807, 2.05) is 13.8 Å². The van der Waals surface area contributed by atoms with Gasteiger partial charge in [0, 0.05) is 4.47 Å². The number of nitrogens with zero attached hydrogens (tertiary/aromatic N) is 2. The van der Waals surface area contributed by atoms with Crippen LogP contribution in [0.4, 0.5) is 0 Å². The lowest BCUT2D eigenvalue weighted by atomic mass is 10.1. The number of hydrogen-bond donors (Lipinski definition) is 1. The van der Waals surface area contributed by atoms with Crippen molar-refractivity contribution in [3.8, 4) is 11.6 Å². The number of aromatic nitrogens is 2. The molecule has 2 rings (SSSR count). The summed E-state index contributed by atoms with van der Waals surface area (Å²) < 4.78 is 6.51. The maximum absolute atomic E-state index is 11.0. The first-order valence-electron chi connectivity index (χ1n) is 5.48. The van der Waals surface area contributed by atoms with Crippen LogP contribution >= 0.6 is 15.9 Å². The highest BCUT2D eigenvalue weighted by atomic mass is 79.9. The Kier molecular flexibility index (Phi) is 3.80. The number of carboxylic acid groups (broad SMARTS) is 1. The number of hydrogen-bond acceptors (Lipinski definition) is 4. The van der Waals surface area contributed by atoms with Crippen LogP contribution in [0, 0.1) is 13.8 Å². The van der Waals surface area contributed by atoms with Crippen LogP contribution in [-0.4, -0.2) is 21.3 Å². The lowest BCUT2D eigenvalue weighted by Gasteiger charge is -2.10. The third-order valence-corrected chi connectivity index (χ3v) is 3.79. The Labute approximate surface area is 118 Å². The second kappa shape index (κ2) is 5.36. The quantitative estimate of drug-likeness (QED) is 0.938. The standard InChI is InChI=1S/C13H11BrN2O3/c1-7-5-9(6-8(2)11(7)14)19-12-10(13(17)18)3-4-15-16-12/h3-6H,1-2H3,(H,17,18). The van der Waals surface area contributed by atoms with Crippen LogP contribution in [0.2, 0.25) is 0 Å². The van der Waals surface area contributed by atoms with E-state index in [1.165, 1.54) is 12.3 Å². The number of ether oxygens (including phenoxy) is 1. The van der Waals surface area contributed by atoms with Crippen molar-refractivity contribution in [1.82, 2.24) is 10.2 Å². The third kappa shape index (κ3) is 2.90. The number of benzene rings is 1. The largest absolute Gasteiger partial charge is 0.477 e. The van der Waals surface area contributed by atoms with E-state index in [1.54, 1.807) is 12.1 Å². The second-order valence-corrected chi connectivity index (χ2v) is 4.82. The van der Waals surface area contributed by atoms with Crippen LogP contribution in [0.3, 0.4) is 0 Å². The van der Waals surface area contributed by atoms with Gasteiger partial charge in [-0.05, 0) is 43.2 Å². The van der Waals surface area contributed by atoms with Crippen molar-refractivity contribution in [2.24, 2.45) is 0 Å². The fraction of sp³-hybridized carbons (Fsp3) is 0.154. The molecule has 0 aliphatic heterocycles. The highest BCUT2D eigenvalue weighted by molar-refractivity contribution is 9.10. The van der Waals surface area contributed by atoms with Gasteiger partial charge in [0.15, 0.2) is 0 Å². The summed E-state index contributed by atoms with van der Waals surface area (Å²) in [4.78, 5) is 11.0. The van der Waals surface area contributed by atoms with Crippen LogP contribution in [0.1, 0.15) is 21.5 Å².